The summed E-state index contributed by atoms with van der Waals surface area (Å²) in [4.78, 5) is 11.4. The summed E-state index contributed by atoms with van der Waals surface area (Å²) in [6, 6.07) is 8.87. The van der Waals surface area contributed by atoms with Gasteiger partial charge in [-0.3, -0.25) is 0 Å². The van der Waals surface area contributed by atoms with Gasteiger partial charge in [-0.15, -0.1) is 0 Å². The maximum atomic E-state index is 11.4. The summed E-state index contributed by atoms with van der Waals surface area (Å²) >= 11 is 0. The number of esters is 1. The lowest BCUT2D eigenvalue weighted by atomic mass is 10.2. The molecule has 0 radical (unpaired) electrons. The van der Waals surface area contributed by atoms with Crippen molar-refractivity contribution in [1.82, 2.24) is 0 Å². The summed E-state index contributed by atoms with van der Waals surface area (Å²) in [7, 11) is 0. The van der Waals surface area contributed by atoms with Crippen LogP contribution in [-0.4, -0.2) is 12.6 Å². The minimum absolute atomic E-state index is 0.331. The summed E-state index contributed by atoms with van der Waals surface area (Å²) in [5.74, 6) is -0.331. The van der Waals surface area contributed by atoms with E-state index in [-0.39, 0.29) is 5.97 Å². The van der Waals surface area contributed by atoms with E-state index in [1.165, 1.54) is 0 Å². The van der Waals surface area contributed by atoms with Crippen LogP contribution in [0.25, 0.3) is 0 Å². The summed E-state index contributed by atoms with van der Waals surface area (Å²) in [6.45, 7) is 3.84. The summed E-state index contributed by atoms with van der Waals surface area (Å²) in [5, 5.41) is 11.5. The van der Waals surface area contributed by atoms with E-state index in [0.29, 0.717) is 17.7 Å². The number of rotatable bonds is 4. The molecule has 17 heavy (non-hydrogen) atoms. The molecule has 1 aromatic rings. The van der Waals surface area contributed by atoms with Gasteiger partial charge in [0.2, 0.25) is 0 Å². The highest BCUT2D eigenvalue weighted by atomic mass is 16.5. The highest BCUT2D eigenvalue weighted by molar-refractivity contribution is 5.89. The van der Waals surface area contributed by atoms with Crippen molar-refractivity contribution in [2.75, 3.05) is 11.9 Å². The lowest BCUT2D eigenvalue weighted by Gasteiger charge is -2.04. The third-order valence-electron chi connectivity index (χ3n) is 2.03. The molecule has 0 aliphatic rings. The van der Waals surface area contributed by atoms with Gasteiger partial charge in [0.25, 0.3) is 0 Å². The zero-order valence-electron chi connectivity index (χ0n) is 9.86. The van der Waals surface area contributed by atoms with E-state index >= 15 is 0 Å². The summed E-state index contributed by atoms with van der Waals surface area (Å²) < 4.78 is 4.87. The molecule has 0 aliphatic carbocycles. The third kappa shape index (κ3) is 3.99. The molecule has 0 bridgehead atoms. The predicted molar refractivity (Wildman–Crippen MR) is 65.4 cm³/mol. The molecule has 1 rings (SSSR count). The zero-order valence-corrected chi connectivity index (χ0v) is 9.86. The first-order valence-corrected chi connectivity index (χ1v) is 5.28. The van der Waals surface area contributed by atoms with Crippen molar-refractivity contribution in [3.63, 3.8) is 0 Å². The van der Waals surface area contributed by atoms with Gasteiger partial charge < -0.3 is 10.1 Å². The van der Waals surface area contributed by atoms with Gasteiger partial charge in [-0.25, -0.2) is 4.79 Å². The Balaban J connectivity index is 2.69. The molecule has 0 saturated carbocycles. The number of anilines is 1. The Labute approximate surface area is 101 Å². The van der Waals surface area contributed by atoms with Crippen LogP contribution in [0.4, 0.5) is 5.69 Å². The highest BCUT2D eigenvalue weighted by Crippen LogP contribution is 2.11. The van der Waals surface area contributed by atoms with E-state index in [0.717, 1.165) is 5.69 Å². The molecule has 4 nitrogen and oxygen atoms in total. The Morgan fingerprint density at radius 1 is 1.47 bits per heavy atom. The molecule has 0 aromatic heterocycles. The van der Waals surface area contributed by atoms with Gasteiger partial charge in [0.15, 0.2) is 0 Å². The van der Waals surface area contributed by atoms with E-state index in [1.54, 1.807) is 44.3 Å². The van der Waals surface area contributed by atoms with Crippen molar-refractivity contribution in [2.45, 2.75) is 13.8 Å². The number of carbonyl (C=O) groups is 1. The van der Waals surface area contributed by atoms with E-state index in [9.17, 15) is 4.79 Å². The van der Waals surface area contributed by atoms with Gasteiger partial charge in [0, 0.05) is 17.5 Å². The lowest BCUT2D eigenvalue weighted by molar-refractivity contribution is 0.0526. The van der Waals surface area contributed by atoms with Crippen LogP contribution in [-0.2, 0) is 4.74 Å². The first-order chi connectivity index (χ1) is 8.17. The summed E-state index contributed by atoms with van der Waals surface area (Å²) in [5.41, 5.74) is 1.91. The normalized spacial score (nSPS) is 10.5. The molecule has 0 amide bonds. The van der Waals surface area contributed by atoms with Crippen molar-refractivity contribution in [3.8, 4) is 6.07 Å². The molecule has 0 unspecified atom stereocenters. The van der Waals surface area contributed by atoms with Gasteiger partial charge in [-0.2, -0.15) is 5.26 Å². The SMILES string of the molecule is CCOC(=O)c1ccc(N/C=C(\C)C#N)cc1. The molecule has 4 heteroatoms. The number of carbonyl (C=O) groups excluding carboxylic acids is 1. The molecule has 0 heterocycles. The van der Waals surface area contributed by atoms with Crippen LogP contribution in [0.5, 0.6) is 0 Å². The lowest BCUT2D eigenvalue weighted by Crippen LogP contribution is -2.04. The van der Waals surface area contributed by atoms with Crippen LogP contribution >= 0.6 is 0 Å². The number of nitrogens with zero attached hydrogens (tertiary/aromatic N) is 1. The number of hydrogen-bond donors (Lipinski definition) is 1. The second-order valence-corrected chi connectivity index (χ2v) is 3.38. The Kier molecular flexibility index (Phi) is 4.77. The van der Waals surface area contributed by atoms with E-state index in [1.807, 2.05) is 6.07 Å². The van der Waals surface area contributed by atoms with Crippen LogP contribution in [0.3, 0.4) is 0 Å². The fourth-order valence-corrected chi connectivity index (χ4v) is 1.14. The van der Waals surface area contributed by atoms with E-state index in [2.05, 4.69) is 5.32 Å². The largest absolute Gasteiger partial charge is 0.462 e. The Morgan fingerprint density at radius 2 is 2.12 bits per heavy atom. The molecule has 1 N–H and O–H groups in total. The Morgan fingerprint density at radius 3 is 2.65 bits per heavy atom. The molecule has 0 atom stereocenters. The van der Waals surface area contributed by atoms with Gasteiger partial charge in [0.05, 0.1) is 18.2 Å². The Bertz CT molecular complexity index is 455. The van der Waals surface area contributed by atoms with Gasteiger partial charge in [-0.1, -0.05) is 0 Å². The second-order valence-electron chi connectivity index (χ2n) is 3.38. The first kappa shape index (κ1) is 12.8. The van der Waals surface area contributed by atoms with Gasteiger partial charge in [0.1, 0.15) is 0 Å². The number of ether oxygens (including phenoxy) is 1. The number of nitrogens with one attached hydrogen (secondary N) is 1. The van der Waals surface area contributed by atoms with Crippen molar-refractivity contribution in [3.05, 3.63) is 41.6 Å². The standard InChI is InChI=1S/C13H14N2O2/c1-3-17-13(16)11-4-6-12(7-5-11)15-9-10(2)8-14/h4-7,9,15H,3H2,1-2H3/b10-9+. The van der Waals surface area contributed by atoms with Crippen molar-refractivity contribution in [2.24, 2.45) is 0 Å². The van der Waals surface area contributed by atoms with Crippen LogP contribution in [0, 0.1) is 11.3 Å². The highest BCUT2D eigenvalue weighted by Gasteiger charge is 2.04. The fourth-order valence-electron chi connectivity index (χ4n) is 1.14. The van der Waals surface area contributed by atoms with Crippen molar-refractivity contribution in [1.29, 1.82) is 5.26 Å². The average molecular weight is 230 g/mol. The van der Waals surface area contributed by atoms with Crippen LogP contribution < -0.4 is 5.32 Å². The molecular weight excluding hydrogens is 216 g/mol. The van der Waals surface area contributed by atoms with Crippen LogP contribution in [0.15, 0.2) is 36.0 Å². The summed E-state index contributed by atoms with van der Waals surface area (Å²) in [6.07, 6.45) is 1.61. The van der Waals surface area contributed by atoms with Gasteiger partial charge >= 0.3 is 5.97 Å². The average Bonchev–Trinajstić information content (AvgIpc) is 2.36. The second kappa shape index (κ2) is 6.33. The molecule has 88 valence electrons. The predicted octanol–water partition coefficient (Wildman–Crippen LogP) is 2.70. The van der Waals surface area contributed by atoms with E-state index < -0.39 is 0 Å². The molecule has 0 aliphatic heterocycles. The van der Waals surface area contributed by atoms with Crippen molar-refractivity contribution < 1.29 is 9.53 Å². The maximum Gasteiger partial charge on any atom is 0.338 e. The monoisotopic (exact) mass is 230 g/mol. The third-order valence-corrected chi connectivity index (χ3v) is 2.03. The van der Waals surface area contributed by atoms with E-state index in [4.69, 9.17) is 10.00 Å². The molecule has 0 spiro atoms. The topological polar surface area (TPSA) is 62.1 Å². The molecule has 1 aromatic carbocycles. The van der Waals surface area contributed by atoms with Gasteiger partial charge in [-0.05, 0) is 38.1 Å². The van der Waals surface area contributed by atoms with Crippen LogP contribution in [0.2, 0.25) is 0 Å². The molecular formula is C13H14N2O2. The minimum atomic E-state index is -0.331. The quantitative estimate of drug-likeness (QED) is 0.638. The molecule has 0 saturated heterocycles. The number of hydrogen-bond acceptors (Lipinski definition) is 4. The first-order valence-electron chi connectivity index (χ1n) is 5.28. The smallest absolute Gasteiger partial charge is 0.338 e. The fraction of sp³-hybridized carbons (Fsp3) is 0.231. The van der Waals surface area contributed by atoms with Crippen molar-refractivity contribution >= 4 is 11.7 Å². The zero-order chi connectivity index (χ0) is 12.7. The van der Waals surface area contributed by atoms with Crippen LogP contribution in [0.1, 0.15) is 24.2 Å². The maximum absolute atomic E-state index is 11.4. The number of allylic oxidation sites excluding steroid dienone is 1. The molecule has 0 fully saturated rings. The number of benzene rings is 1. The number of nitriles is 1. The minimum Gasteiger partial charge on any atom is -0.462 e. The Hall–Kier alpha value is -2.28.